The van der Waals surface area contributed by atoms with Crippen LogP contribution in [0.3, 0.4) is 0 Å². The van der Waals surface area contributed by atoms with E-state index < -0.39 is 0 Å². The molecule has 0 saturated heterocycles. The number of nitrogens with zero attached hydrogens (tertiary/aromatic N) is 2. The van der Waals surface area contributed by atoms with Gasteiger partial charge in [-0.3, -0.25) is 4.79 Å². The molecule has 1 atom stereocenters. The maximum Gasteiger partial charge on any atom is 0.251 e. The number of hydrogen-bond donors (Lipinski definition) is 1. The molecule has 24 heavy (non-hydrogen) atoms. The van der Waals surface area contributed by atoms with Crippen molar-refractivity contribution in [2.45, 2.75) is 26.4 Å². The first-order chi connectivity index (χ1) is 11.6. The van der Waals surface area contributed by atoms with Gasteiger partial charge in [0.1, 0.15) is 5.82 Å². The SMILES string of the molecule is Cc1nccn1Cc1ccc(C(=O)NC(C)c2ccccc2)cc1. The fourth-order valence-electron chi connectivity index (χ4n) is 2.63. The maximum atomic E-state index is 12.4. The number of rotatable bonds is 5. The van der Waals surface area contributed by atoms with Gasteiger partial charge in [0.2, 0.25) is 0 Å². The first-order valence-corrected chi connectivity index (χ1v) is 8.06. The first kappa shape index (κ1) is 16.0. The molecule has 4 heteroatoms. The molecule has 3 rings (SSSR count). The van der Waals surface area contributed by atoms with Gasteiger partial charge in [-0.2, -0.15) is 0 Å². The van der Waals surface area contributed by atoms with Crippen molar-refractivity contribution >= 4 is 5.91 Å². The molecule has 0 radical (unpaired) electrons. The molecule has 0 aliphatic rings. The summed E-state index contributed by atoms with van der Waals surface area (Å²) in [4.78, 5) is 16.6. The van der Waals surface area contributed by atoms with Crippen molar-refractivity contribution in [3.8, 4) is 0 Å². The first-order valence-electron chi connectivity index (χ1n) is 8.06. The topological polar surface area (TPSA) is 46.9 Å². The van der Waals surface area contributed by atoms with Gasteiger partial charge in [0.05, 0.1) is 6.04 Å². The Kier molecular flexibility index (Phi) is 4.75. The predicted molar refractivity (Wildman–Crippen MR) is 94.8 cm³/mol. The second-order valence-electron chi connectivity index (χ2n) is 5.91. The molecular weight excluding hydrogens is 298 g/mol. The molecule has 2 aromatic carbocycles. The molecule has 0 saturated carbocycles. The fraction of sp³-hybridized carbons (Fsp3) is 0.200. The van der Waals surface area contributed by atoms with E-state index in [2.05, 4.69) is 14.9 Å². The normalized spacial score (nSPS) is 11.9. The van der Waals surface area contributed by atoms with Crippen LogP contribution in [0.15, 0.2) is 67.0 Å². The van der Waals surface area contributed by atoms with Crippen LogP contribution in [0.1, 0.15) is 40.3 Å². The zero-order chi connectivity index (χ0) is 16.9. The van der Waals surface area contributed by atoms with Crippen LogP contribution in [0, 0.1) is 6.92 Å². The lowest BCUT2D eigenvalue weighted by Gasteiger charge is -2.14. The molecular formula is C20H21N3O. The molecule has 1 heterocycles. The number of aryl methyl sites for hydroxylation is 1. The minimum Gasteiger partial charge on any atom is -0.346 e. The number of carbonyl (C=O) groups excluding carboxylic acids is 1. The third-order valence-corrected chi connectivity index (χ3v) is 4.14. The molecule has 0 bridgehead atoms. The highest BCUT2D eigenvalue weighted by atomic mass is 16.1. The fourth-order valence-corrected chi connectivity index (χ4v) is 2.63. The van der Waals surface area contributed by atoms with Crippen LogP contribution in [0.4, 0.5) is 0 Å². The molecule has 1 N–H and O–H groups in total. The predicted octanol–water partition coefficient (Wildman–Crippen LogP) is 3.73. The van der Waals surface area contributed by atoms with Crippen molar-refractivity contribution in [1.29, 1.82) is 0 Å². The second-order valence-corrected chi connectivity index (χ2v) is 5.91. The van der Waals surface area contributed by atoms with Crippen molar-refractivity contribution in [3.63, 3.8) is 0 Å². The monoisotopic (exact) mass is 319 g/mol. The van der Waals surface area contributed by atoms with Gasteiger partial charge in [0, 0.05) is 24.5 Å². The molecule has 1 aromatic heterocycles. The van der Waals surface area contributed by atoms with Crippen molar-refractivity contribution < 1.29 is 4.79 Å². The zero-order valence-electron chi connectivity index (χ0n) is 13.9. The van der Waals surface area contributed by atoms with Crippen molar-refractivity contribution in [1.82, 2.24) is 14.9 Å². The van der Waals surface area contributed by atoms with E-state index in [0.717, 1.165) is 23.5 Å². The molecule has 0 fully saturated rings. The molecule has 4 nitrogen and oxygen atoms in total. The Morgan fingerprint density at radius 2 is 1.83 bits per heavy atom. The van der Waals surface area contributed by atoms with Crippen LogP contribution in [0.2, 0.25) is 0 Å². The van der Waals surface area contributed by atoms with E-state index in [1.807, 2.05) is 74.6 Å². The highest BCUT2D eigenvalue weighted by molar-refractivity contribution is 5.94. The number of carbonyl (C=O) groups is 1. The Morgan fingerprint density at radius 1 is 1.12 bits per heavy atom. The Morgan fingerprint density at radius 3 is 2.46 bits per heavy atom. The molecule has 3 aromatic rings. The number of amides is 1. The lowest BCUT2D eigenvalue weighted by Crippen LogP contribution is -2.26. The summed E-state index contributed by atoms with van der Waals surface area (Å²) in [5.74, 6) is 0.921. The van der Waals surface area contributed by atoms with Gasteiger partial charge in [-0.15, -0.1) is 0 Å². The van der Waals surface area contributed by atoms with Gasteiger partial charge >= 0.3 is 0 Å². The summed E-state index contributed by atoms with van der Waals surface area (Å²) in [6.07, 6.45) is 3.75. The van der Waals surface area contributed by atoms with Crippen LogP contribution in [0.25, 0.3) is 0 Å². The van der Waals surface area contributed by atoms with Crippen LogP contribution < -0.4 is 5.32 Å². The highest BCUT2D eigenvalue weighted by Gasteiger charge is 2.11. The average molecular weight is 319 g/mol. The lowest BCUT2D eigenvalue weighted by molar-refractivity contribution is 0.0940. The summed E-state index contributed by atoms with van der Waals surface area (Å²) < 4.78 is 2.08. The van der Waals surface area contributed by atoms with E-state index >= 15 is 0 Å². The van der Waals surface area contributed by atoms with Gasteiger partial charge in [-0.25, -0.2) is 4.98 Å². The summed E-state index contributed by atoms with van der Waals surface area (Å²) in [6, 6.07) is 17.6. The van der Waals surface area contributed by atoms with Crippen molar-refractivity contribution in [2.24, 2.45) is 0 Å². The minimum absolute atomic E-state index is 0.0213. The average Bonchev–Trinajstić information content (AvgIpc) is 3.01. The third kappa shape index (κ3) is 3.71. The Bertz CT molecular complexity index is 806. The third-order valence-electron chi connectivity index (χ3n) is 4.14. The molecule has 0 spiro atoms. The summed E-state index contributed by atoms with van der Waals surface area (Å²) in [5.41, 5.74) is 2.91. The second kappa shape index (κ2) is 7.13. The van der Waals surface area contributed by atoms with Gasteiger partial charge in [-0.05, 0) is 37.1 Å². The largest absolute Gasteiger partial charge is 0.346 e. The van der Waals surface area contributed by atoms with E-state index in [0.29, 0.717) is 5.56 Å². The molecule has 0 aliphatic carbocycles. The van der Waals surface area contributed by atoms with Gasteiger partial charge < -0.3 is 9.88 Å². The molecule has 0 aliphatic heterocycles. The number of benzene rings is 2. The van der Waals surface area contributed by atoms with Crippen LogP contribution >= 0.6 is 0 Å². The van der Waals surface area contributed by atoms with E-state index in [4.69, 9.17) is 0 Å². The maximum absolute atomic E-state index is 12.4. The lowest BCUT2D eigenvalue weighted by atomic mass is 10.1. The zero-order valence-corrected chi connectivity index (χ0v) is 13.9. The summed E-state index contributed by atoms with van der Waals surface area (Å²) in [7, 11) is 0. The van der Waals surface area contributed by atoms with Crippen LogP contribution in [-0.4, -0.2) is 15.5 Å². The number of aromatic nitrogens is 2. The van der Waals surface area contributed by atoms with Crippen LogP contribution in [0.5, 0.6) is 0 Å². The van der Waals surface area contributed by atoms with Crippen LogP contribution in [-0.2, 0) is 6.54 Å². The minimum atomic E-state index is -0.0586. The van der Waals surface area contributed by atoms with Gasteiger partial charge in [0.25, 0.3) is 5.91 Å². The standard InChI is InChI=1S/C20H21N3O/c1-15(18-6-4-3-5-7-18)22-20(24)19-10-8-17(9-11-19)14-23-13-12-21-16(23)2/h3-13,15H,14H2,1-2H3,(H,22,24). The van der Waals surface area contributed by atoms with E-state index in [9.17, 15) is 4.79 Å². The Balaban J connectivity index is 1.64. The summed E-state index contributed by atoms with van der Waals surface area (Å²) in [5, 5.41) is 3.03. The molecule has 1 amide bonds. The van der Waals surface area contributed by atoms with E-state index in [1.54, 1.807) is 6.20 Å². The number of hydrogen-bond acceptors (Lipinski definition) is 2. The Labute approximate surface area is 142 Å². The molecule has 122 valence electrons. The van der Waals surface area contributed by atoms with Gasteiger partial charge in [-0.1, -0.05) is 42.5 Å². The van der Waals surface area contributed by atoms with Crippen molar-refractivity contribution in [3.05, 3.63) is 89.5 Å². The quantitative estimate of drug-likeness (QED) is 0.779. The van der Waals surface area contributed by atoms with E-state index in [1.165, 1.54) is 0 Å². The van der Waals surface area contributed by atoms with Gasteiger partial charge in [0.15, 0.2) is 0 Å². The smallest absolute Gasteiger partial charge is 0.251 e. The molecule has 1 unspecified atom stereocenters. The van der Waals surface area contributed by atoms with Crippen molar-refractivity contribution in [2.75, 3.05) is 0 Å². The van der Waals surface area contributed by atoms with E-state index in [-0.39, 0.29) is 11.9 Å². The summed E-state index contributed by atoms with van der Waals surface area (Å²) in [6.45, 7) is 4.73. The number of imidazole rings is 1. The Hall–Kier alpha value is -2.88. The highest BCUT2D eigenvalue weighted by Crippen LogP contribution is 2.13. The summed E-state index contributed by atoms with van der Waals surface area (Å²) >= 11 is 0. The number of nitrogens with one attached hydrogen (secondary N) is 1.